The summed E-state index contributed by atoms with van der Waals surface area (Å²) < 4.78 is 7.29. The van der Waals surface area contributed by atoms with Crippen LogP contribution in [-0.2, 0) is 20.9 Å². The molecule has 1 heterocycles. The Morgan fingerprint density at radius 1 is 1.06 bits per heavy atom. The van der Waals surface area contributed by atoms with Crippen LogP contribution in [0.25, 0.3) is 11.4 Å². The molecule has 3 rings (SSSR count). The minimum atomic E-state index is -0.461. The summed E-state index contributed by atoms with van der Waals surface area (Å²) in [5, 5.41) is 12.3. The van der Waals surface area contributed by atoms with Crippen molar-refractivity contribution in [3.63, 3.8) is 0 Å². The zero-order valence-corrected chi connectivity index (χ0v) is 20.3. The quantitative estimate of drug-likeness (QED) is 0.348. The van der Waals surface area contributed by atoms with Gasteiger partial charge in [0.25, 0.3) is 0 Å². The maximum atomic E-state index is 12.8. The van der Waals surface area contributed by atoms with E-state index in [2.05, 4.69) is 15.5 Å². The maximum Gasteiger partial charge on any atom is 0.308 e. The molecule has 2 aromatic carbocycles. The van der Waals surface area contributed by atoms with E-state index in [0.717, 1.165) is 22.5 Å². The molecule has 0 fully saturated rings. The number of carbonyl (C=O) groups is 2. The van der Waals surface area contributed by atoms with Crippen LogP contribution in [0.4, 0.5) is 0 Å². The number of benzene rings is 2. The van der Waals surface area contributed by atoms with Gasteiger partial charge in [-0.05, 0) is 38.8 Å². The number of aromatic nitrogens is 3. The molecule has 0 spiro atoms. The van der Waals surface area contributed by atoms with E-state index in [4.69, 9.17) is 4.74 Å². The molecule has 1 aromatic heterocycles. The van der Waals surface area contributed by atoms with Gasteiger partial charge in [0.1, 0.15) is 0 Å². The van der Waals surface area contributed by atoms with Gasteiger partial charge in [0.05, 0.1) is 24.3 Å². The number of thioether (sulfide) groups is 1. The third kappa shape index (κ3) is 6.68. The van der Waals surface area contributed by atoms with Crippen molar-refractivity contribution in [1.29, 1.82) is 0 Å². The van der Waals surface area contributed by atoms with Crippen LogP contribution < -0.4 is 5.32 Å². The minimum absolute atomic E-state index is 0.0706. The Hall–Kier alpha value is -3.13. The molecule has 0 bridgehead atoms. The fraction of sp³-hybridized carbons (Fsp3) is 0.360. The zero-order chi connectivity index (χ0) is 23.8. The largest absolute Gasteiger partial charge is 0.463 e. The van der Waals surface area contributed by atoms with E-state index >= 15 is 0 Å². The second kappa shape index (κ2) is 11.7. The molecular weight excluding hydrogens is 436 g/mol. The highest BCUT2D eigenvalue weighted by Gasteiger charge is 2.21. The molecule has 0 saturated heterocycles. The topological polar surface area (TPSA) is 86.1 Å². The van der Waals surface area contributed by atoms with Crippen molar-refractivity contribution in [2.45, 2.75) is 58.0 Å². The van der Waals surface area contributed by atoms with Crippen LogP contribution in [0.1, 0.15) is 44.4 Å². The Balaban J connectivity index is 1.69. The Morgan fingerprint density at radius 2 is 1.76 bits per heavy atom. The first-order chi connectivity index (χ1) is 15.9. The fourth-order valence-corrected chi connectivity index (χ4v) is 4.30. The highest BCUT2D eigenvalue weighted by molar-refractivity contribution is 7.99. The maximum absolute atomic E-state index is 12.8. The van der Waals surface area contributed by atoms with E-state index in [1.54, 1.807) is 13.8 Å². The van der Waals surface area contributed by atoms with Gasteiger partial charge >= 0.3 is 5.97 Å². The number of esters is 1. The molecule has 0 aliphatic heterocycles. The minimum Gasteiger partial charge on any atom is -0.463 e. The van der Waals surface area contributed by atoms with Crippen LogP contribution in [0, 0.1) is 6.92 Å². The number of hydrogen-bond donors (Lipinski definition) is 1. The summed E-state index contributed by atoms with van der Waals surface area (Å²) in [6.45, 7) is 8.37. The molecule has 0 radical (unpaired) electrons. The predicted octanol–water partition coefficient (Wildman–Crippen LogP) is 4.56. The average molecular weight is 467 g/mol. The van der Waals surface area contributed by atoms with Crippen molar-refractivity contribution in [1.82, 2.24) is 20.1 Å². The van der Waals surface area contributed by atoms with Crippen molar-refractivity contribution in [3.05, 3.63) is 65.7 Å². The van der Waals surface area contributed by atoms with Gasteiger partial charge in [0.15, 0.2) is 11.0 Å². The predicted molar refractivity (Wildman–Crippen MR) is 130 cm³/mol. The summed E-state index contributed by atoms with van der Waals surface area (Å²) in [5.41, 5.74) is 3.00. The molecule has 0 aliphatic carbocycles. The third-order valence-corrected chi connectivity index (χ3v) is 5.99. The summed E-state index contributed by atoms with van der Waals surface area (Å²) in [4.78, 5) is 25.0. The van der Waals surface area contributed by atoms with Gasteiger partial charge in [0.2, 0.25) is 5.91 Å². The van der Waals surface area contributed by atoms with Crippen LogP contribution in [0.3, 0.4) is 0 Å². The van der Waals surface area contributed by atoms with Crippen molar-refractivity contribution >= 4 is 23.6 Å². The van der Waals surface area contributed by atoms with E-state index < -0.39 is 6.04 Å². The zero-order valence-electron chi connectivity index (χ0n) is 19.4. The number of nitrogens with one attached hydrogen (secondary N) is 1. The molecule has 7 nitrogen and oxygen atoms in total. The molecule has 3 aromatic rings. The number of ether oxygens (including phenoxy) is 1. The van der Waals surface area contributed by atoms with Crippen LogP contribution >= 0.6 is 11.8 Å². The molecule has 1 atom stereocenters. The molecular formula is C25H30N4O3S. The lowest BCUT2D eigenvalue weighted by Gasteiger charge is -2.19. The van der Waals surface area contributed by atoms with E-state index in [9.17, 15) is 9.59 Å². The first kappa shape index (κ1) is 24.5. The normalized spacial score (nSPS) is 11.9. The molecule has 33 heavy (non-hydrogen) atoms. The second-order valence-electron chi connectivity index (χ2n) is 7.93. The lowest BCUT2D eigenvalue weighted by molar-refractivity contribution is -0.148. The van der Waals surface area contributed by atoms with Gasteiger partial charge in [-0.25, -0.2) is 0 Å². The summed E-state index contributed by atoms with van der Waals surface area (Å²) in [6.07, 6.45) is -0.135. The average Bonchev–Trinajstić information content (AvgIpc) is 3.20. The van der Waals surface area contributed by atoms with Gasteiger partial charge in [-0.1, -0.05) is 66.4 Å². The first-order valence-corrected chi connectivity index (χ1v) is 12.0. The molecule has 8 heteroatoms. The molecule has 0 aliphatic rings. The van der Waals surface area contributed by atoms with Crippen LogP contribution in [0.15, 0.2) is 59.8 Å². The van der Waals surface area contributed by atoms with Gasteiger partial charge in [-0.2, -0.15) is 0 Å². The molecule has 0 saturated carbocycles. The fourth-order valence-electron chi connectivity index (χ4n) is 3.48. The molecule has 1 unspecified atom stereocenters. The van der Waals surface area contributed by atoms with Gasteiger partial charge < -0.3 is 14.6 Å². The van der Waals surface area contributed by atoms with Gasteiger partial charge in [-0.3, -0.25) is 9.59 Å². The van der Waals surface area contributed by atoms with Crippen molar-refractivity contribution < 1.29 is 14.3 Å². The Bertz CT molecular complexity index is 1080. The first-order valence-electron chi connectivity index (χ1n) is 11.0. The van der Waals surface area contributed by atoms with Crippen molar-refractivity contribution in [3.8, 4) is 11.4 Å². The van der Waals surface area contributed by atoms with Gasteiger partial charge in [-0.15, -0.1) is 10.2 Å². The summed E-state index contributed by atoms with van der Waals surface area (Å²) in [6, 6.07) is 17.0. The standard InChI is InChI=1S/C25H30N4O3S/c1-5-29-24(20-14-10-9-11-18(20)4)27-28-25(29)33-16-22(30)26-21(15-23(31)32-17(2)3)19-12-7-6-8-13-19/h6-14,17,21H,5,15-16H2,1-4H3,(H,26,30). The van der Waals surface area contributed by atoms with E-state index in [0.29, 0.717) is 11.7 Å². The van der Waals surface area contributed by atoms with E-state index in [-0.39, 0.29) is 30.2 Å². The monoisotopic (exact) mass is 466 g/mol. The SMILES string of the molecule is CCn1c(SCC(=O)NC(CC(=O)OC(C)C)c2ccccc2)nnc1-c1ccccc1C. The van der Waals surface area contributed by atoms with Crippen LogP contribution in [0.2, 0.25) is 0 Å². The molecule has 174 valence electrons. The highest BCUT2D eigenvalue weighted by atomic mass is 32.2. The smallest absolute Gasteiger partial charge is 0.308 e. The lowest BCUT2D eigenvalue weighted by Crippen LogP contribution is -2.32. The van der Waals surface area contributed by atoms with Crippen molar-refractivity contribution in [2.75, 3.05) is 5.75 Å². The Kier molecular flexibility index (Phi) is 8.65. The number of aryl methyl sites for hydroxylation is 1. The molecule has 1 amide bonds. The third-order valence-electron chi connectivity index (χ3n) is 5.03. The number of amides is 1. The van der Waals surface area contributed by atoms with Crippen LogP contribution in [-0.4, -0.2) is 38.5 Å². The van der Waals surface area contributed by atoms with E-state index in [1.165, 1.54) is 11.8 Å². The summed E-state index contributed by atoms with van der Waals surface area (Å²) in [5.74, 6) is 0.417. The highest BCUT2D eigenvalue weighted by Crippen LogP contribution is 2.26. The Labute approximate surface area is 198 Å². The summed E-state index contributed by atoms with van der Waals surface area (Å²) in [7, 11) is 0. The summed E-state index contributed by atoms with van der Waals surface area (Å²) >= 11 is 1.33. The number of hydrogen-bond acceptors (Lipinski definition) is 6. The van der Waals surface area contributed by atoms with Crippen molar-refractivity contribution in [2.24, 2.45) is 0 Å². The molecule has 1 N–H and O–H groups in total. The number of carbonyl (C=O) groups excluding carboxylic acids is 2. The second-order valence-corrected chi connectivity index (χ2v) is 8.87. The van der Waals surface area contributed by atoms with E-state index in [1.807, 2.05) is 73.0 Å². The van der Waals surface area contributed by atoms with Crippen LogP contribution in [0.5, 0.6) is 0 Å². The van der Waals surface area contributed by atoms with Gasteiger partial charge in [0, 0.05) is 12.1 Å². The Morgan fingerprint density at radius 3 is 2.42 bits per heavy atom. The number of nitrogens with zero attached hydrogens (tertiary/aromatic N) is 3. The number of rotatable bonds is 10. The lowest BCUT2D eigenvalue weighted by atomic mass is 10.0.